The molecule has 4 heteroatoms. The van der Waals surface area contributed by atoms with E-state index in [0.29, 0.717) is 13.2 Å². The fraction of sp³-hybridized carbons (Fsp3) is 0.304. The van der Waals surface area contributed by atoms with Crippen LogP contribution in [0, 0.1) is 6.92 Å². The fourth-order valence-electron chi connectivity index (χ4n) is 3.10. The summed E-state index contributed by atoms with van der Waals surface area (Å²) in [5.41, 5.74) is 3.77. The normalized spacial score (nSPS) is 12.4. The first-order valence-corrected chi connectivity index (χ1v) is 9.29. The zero-order valence-corrected chi connectivity index (χ0v) is 15.8. The van der Waals surface area contributed by atoms with Gasteiger partial charge in [-0.25, -0.2) is 0 Å². The maximum absolute atomic E-state index is 10.5. The molecule has 0 radical (unpaired) electrons. The number of benzene rings is 2. The molecule has 0 aliphatic heterocycles. The molecule has 1 aromatic heterocycles. The summed E-state index contributed by atoms with van der Waals surface area (Å²) in [5.74, 6) is 0.767. The molecule has 0 amide bonds. The van der Waals surface area contributed by atoms with Crippen LogP contribution in [0.5, 0.6) is 0 Å². The van der Waals surface area contributed by atoms with E-state index in [1.165, 1.54) is 16.7 Å². The largest absolute Gasteiger partial charge is 0.467 e. The Morgan fingerprint density at radius 3 is 2.48 bits per heavy atom. The van der Waals surface area contributed by atoms with Gasteiger partial charge >= 0.3 is 0 Å². The summed E-state index contributed by atoms with van der Waals surface area (Å²) in [7, 11) is 0. The van der Waals surface area contributed by atoms with Gasteiger partial charge in [0.15, 0.2) is 0 Å². The van der Waals surface area contributed by atoms with Crippen LogP contribution in [0.4, 0.5) is 0 Å². The third-order valence-corrected chi connectivity index (χ3v) is 4.51. The van der Waals surface area contributed by atoms with Crippen molar-refractivity contribution in [2.75, 3.05) is 13.2 Å². The average Bonchev–Trinajstić information content (AvgIpc) is 3.18. The smallest absolute Gasteiger partial charge is 0.129 e. The van der Waals surface area contributed by atoms with Gasteiger partial charge in [0.1, 0.15) is 12.4 Å². The third kappa shape index (κ3) is 6.36. The van der Waals surface area contributed by atoms with Crippen LogP contribution in [0.2, 0.25) is 0 Å². The van der Waals surface area contributed by atoms with E-state index >= 15 is 0 Å². The molecule has 2 aromatic carbocycles. The van der Waals surface area contributed by atoms with Crippen molar-refractivity contribution in [1.29, 1.82) is 0 Å². The zero-order valence-electron chi connectivity index (χ0n) is 15.8. The average molecular weight is 365 g/mol. The number of aliphatic hydroxyl groups excluding tert-OH is 1. The highest BCUT2D eigenvalue weighted by Crippen LogP contribution is 2.14. The van der Waals surface area contributed by atoms with E-state index in [4.69, 9.17) is 9.15 Å². The van der Waals surface area contributed by atoms with Crippen molar-refractivity contribution < 1.29 is 14.3 Å². The van der Waals surface area contributed by atoms with Gasteiger partial charge in [-0.05, 0) is 35.7 Å². The number of furan rings is 1. The van der Waals surface area contributed by atoms with Gasteiger partial charge in [0.05, 0.1) is 19.0 Å². The maximum Gasteiger partial charge on any atom is 0.129 e. The molecule has 3 rings (SSSR count). The van der Waals surface area contributed by atoms with Crippen LogP contribution in [0.15, 0.2) is 77.4 Å². The van der Waals surface area contributed by atoms with Crippen LogP contribution in [0.1, 0.15) is 22.5 Å². The van der Waals surface area contributed by atoms with Gasteiger partial charge in [-0.15, -0.1) is 0 Å². The van der Waals surface area contributed by atoms with E-state index in [2.05, 4.69) is 48.2 Å². The zero-order chi connectivity index (χ0) is 18.9. The number of aliphatic hydroxyl groups is 1. The van der Waals surface area contributed by atoms with Crippen molar-refractivity contribution in [3.63, 3.8) is 0 Å². The summed E-state index contributed by atoms with van der Waals surface area (Å²) in [6.45, 7) is 4.89. The van der Waals surface area contributed by atoms with Gasteiger partial charge in [-0.1, -0.05) is 54.6 Å². The van der Waals surface area contributed by atoms with E-state index in [0.717, 1.165) is 18.8 Å². The molecule has 27 heavy (non-hydrogen) atoms. The first kappa shape index (κ1) is 19.4. The Labute approximate surface area is 161 Å². The molecule has 0 aliphatic rings. The summed E-state index contributed by atoms with van der Waals surface area (Å²) in [6, 6.07) is 22.4. The highest BCUT2D eigenvalue weighted by molar-refractivity contribution is 5.25. The Hall–Kier alpha value is -2.40. The summed E-state index contributed by atoms with van der Waals surface area (Å²) in [5, 5.41) is 10.5. The molecule has 0 fully saturated rings. The molecule has 4 nitrogen and oxygen atoms in total. The van der Waals surface area contributed by atoms with Crippen LogP contribution in [0.3, 0.4) is 0 Å². The quantitative estimate of drug-likeness (QED) is 0.586. The summed E-state index contributed by atoms with van der Waals surface area (Å²) >= 11 is 0. The Bertz CT molecular complexity index is 786. The summed E-state index contributed by atoms with van der Waals surface area (Å²) in [6.07, 6.45) is 1.06. The minimum atomic E-state index is -0.562. The van der Waals surface area contributed by atoms with Gasteiger partial charge in [0.25, 0.3) is 0 Å². The molecular weight excluding hydrogens is 338 g/mol. The van der Waals surface area contributed by atoms with Crippen LogP contribution >= 0.6 is 0 Å². The molecule has 1 atom stereocenters. The van der Waals surface area contributed by atoms with Crippen LogP contribution in [-0.4, -0.2) is 29.3 Å². The number of hydrogen-bond donors (Lipinski definition) is 1. The van der Waals surface area contributed by atoms with E-state index in [-0.39, 0.29) is 6.61 Å². The minimum Gasteiger partial charge on any atom is -0.467 e. The van der Waals surface area contributed by atoms with Gasteiger partial charge < -0.3 is 14.3 Å². The van der Waals surface area contributed by atoms with E-state index in [1.807, 2.05) is 30.3 Å². The van der Waals surface area contributed by atoms with Gasteiger partial charge in [-0.2, -0.15) is 0 Å². The Kier molecular flexibility index (Phi) is 7.22. The molecule has 3 aromatic rings. The molecule has 0 spiro atoms. The number of nitrogens with zero attached hydrogens (tertiary/aromatic N) is 1. The summed E-state index contributed by atoms with van der Waals surface area (Å²) in [4.78, 5) is 2.26. The van der Waals surface area contributed by atoms with Gasteiger partial charge in [0.2, 0.25) is 0 Å². The van der Waals surface area contributed by atoms with E-state index < -0.39 is 6.10 Å². The molecule has 1 unspecified atom stereocenters. The third-order valence-electron chi connectivity index (χ3n) is 4.51. The molecule has 1 N–H and O–H groups in total. The minimum absolute atomic E-state index is 0.278. The van der Waals surface area contributed by atoms with Crippen molar-refractivity contribution >= 4 is 0 Å². The second-order valence-corrected chi connectivity index (χ2v) is 6.83. The highest BCUT2D eigenvalue weighted by atomic mass is 16.5. The summed E-state index contributed by atoms with van der Waals surface area (Å²) < 4.78 is 10.8. The molecule has 0 saturated carbocycles. The second-order valence-electron chi connectivity index (χ2n) is 6.83. The monoisotopic (exact) mass is 365 g/mol. The van der Waals surface area contributed by atoms with Crippen molar-refractivity contribution in [1.82, 2.24) is 4.90 Å². The topological polar surface area (TPSA) is 45.8 Å². The van der Waals surface area contributed by atoms with Crippen LogP contribution < -0.4 is 0 Å². The van der Waals surface area contributed by atoms with Crippen LogP contribution in [-0.2, 0) is 24.4 Å². The first-order valence-electron chi connectivity index (χ1n) is 9.29. The van der Waals surface area contributed by atoms with E-state index in [9.17, 15) is 5.11 Å². The predicted octanol–water partition coefficient (Wildman–Crippen LogP) is 4.17. The standard InChI is InChI=1S/C23H27NO3/c1-19-8-5-6-11-21(19)15-24(14-20-9-3-2-4-10-20)16-22(25)17-26-18-23-12-7-13-27-23/h2-13,22,25H,14-18H2,1H3. The number of aryl methyl sites for hydroxylation is 1. The predicted molar refractivity (Wildman–Crippen MR) is 106 cm³/mol. The number of ether oxygens (including phenoxy) is 1. The lowest BCUT2D eigenvalue weighted by molar-refractivity contribution is 0.00250. The molecule has 1 heterocycles. The maximum atomic E-state index is 10.5. The Morgan fingerprint density at radius 2 is 1.74 bits per heavy atom. The SMILES string of the molecule is Cc1ccccc1CN(Cc1ccccc1)CC(O)COCc1ccco1. The first-order chi connectivity index (χ1) is 13.2. The molecule has 142 valence electrons. The van der Waals surface area contributed by atoms with Crippen molar-refractivity contribution in [3.05, 3.63) is 95.4 Å². The number of hydrogen-bond acceptors (Lipinski definition) is 4. The van der Waals surface area contributed by atoms with Gasteiger partial charge in [0, 0.05) is 19.6 Å². The molecular formula is C23H27NO3. The molecule has 0 aliphatic carbocycles. The van der Waals surface area contributed by atoms with E-state index in [1.54, 1.807) is 6.26 Å². The van der Waals surface area contributed by atoms with Gasteiger partial charge in [-0.3, -0.25) is 4.90 Å². The second kappa shape index (κ2) is 10.1. The van der Waals surface area contributed by atoms with Crippen molar-refractivity contribution in [2.24, 2.45) is 0 Å². The lowest BCUT2D eigenvalue weighted by Crippen LogP contribution is -2.34. The van der Waals surface area contributed by atoms with Crippen molar-refractivity contribution in [2.45, 2.75) is 32.7 Å². The highest BCUT2D eigenvalue weighted by Gasteiger charge is 2.14. The lowest BCUT2D eigenvalue weighted by atomic mass is 10.1. The fourth-order valence-corrected chi connectivity index (χ4v) is 3.10. The van der Waals surface area contributed by atoms with Crippen LogP contribution in [0.25, 0.3) is 0 Å². The van der Waals surface area contributed by atoms with Crippen molar-refractivity contribution in [3.8, 4) is 0 Å². The lowest BCUT2D eigenvalue weighted by Gasteiger charge is -2.26. The Balaban J connectivity index is 1.59. The molecule has 0 saturated heterocycles. The molecule has 0 bridgehead atoms. The number of rotatable bonds is 10. The Morgan fingerprint density at radius 1 is 0.963 bits per heavy atom.